The summed E-state index contributed by atoms with van der Waals surface area (Å²) in [6.45, 7) is 2.25. The summed E-state index contributed by atoms with van der Waals surface area (Å²) in [6.07, 6.45) is 0.772. The van der Waals surface area contributed by atoms with Crippen LogP contribution in [0.1, 0.15) is 36.3 Å². The van der Waals surface area contributed by atoms with Gasteiger partial charge in [0.15, 0.2) is 0 Å². The van der Waals surface area contributed by atoms with Gasteiger partial charge in [0, 0.05) is 25.4 Å². The number of nitrogens with one attached hydrogen (secondary N) is 1. The van der Waals surface area contributed by atoms with Gasteiger partial charge >= 0.3 is 0 Å². The van der Waals surface area contributed by atoms with Crippen molar-refractivity contribution in [1.82, 2.24) is 10.2 Å². The average molecular weight is 365 g/mol. The maximum atomic E-state index is 13.1. The van der Waals surface area contributed by atoms with Gasteiger partial charge in [-0.3, -0.25) is 9.59 Å². The van der Waals surface area contributed by atoms with Crippen LogP contribution >= 0.6 is 0 Å². The fourth-order valence-corrected chi connectivity index (χ4v) is 3.79. The van der Waals surface area contributed by atoms with E-state index in [1.807, 2.05) is 48.5 Å². The first-order chi connectivity index (χ1) is 13.0. The van der Waals surface area contributed by atoms with Crippen LogP contribution in [0.15, 0.2) is 60.7 Å². The van der Waals surface area contributed by atoms with Crippen molar-refractivity contribution in [3.63, 3.8) is 0 Å². The van der Waals surface area contributed by atoms with E-state index >= 15 is 0 Å². The first-order valence-electron chi connectivity index (χ1n) is 9.38. The smallest absolute Gasteiger partial charge is 0.245 e. The Morgan fingerprint density at radius 1 is 1.07 bits per heavy atom. The van der Waals surface area contributed by atoms with Crippen LogP contribution in [0.25, 0.3) is 0 Å². The molecule has 27 heavy (non-hydrogen) atoms. The predicted octanol–water partition coefficient (Wildman–Crippen LogP) is 2.25. The van der Waals surface area contributed by atoms with Crippen molar-refractivity contribution < 1.29 is 9.59 Å². The van der Waals surface area contributed by atoms with Crippen molar-refractivity contribution in [1.29, 1.82) is 0 Å². The van der Waals surface area contributed by atoms with Crippen molar-refractivity contribution in [2.75, 3.05) is 13.6 Å². The summed E-state index contributed by atoms with van der Waals surface area (Å²) >= 11 is 0. The maximum absolute atomic E-state index is 13.1. The van der Waals surface area contributed by atoms with Gasteiger partial charge in [0.2, 0.25) is 11.8 Å². The average Bonchev–Trinajstić information content (AvgIpc) is 2.81. The largest absolute Gasteiger partial charge is 0.343 e. The van der Waals surface area contributed by atoms with E-state index in [0.717, 1.165) is 12.0 Å². The van der Waals surface area contributed by atoms with E-state index in [1.165, 1.54) is 5.56 Å². The molecule has 0 bridgehead atoms. The lowest BCUT2D eigenvalue weighted by Crippen LogP contribution is -2.52. The molecule has 1 saturated heterocycles. The van der Waals surface area contributed by atoms with E-state index < -0.39 is 12.1 Å². The molecule has 1 heterocycles. The molecule has 1 aliphatic rings. The van der Waals surface area contributed by atoms with Crippen molar-refractivity contribution in [2.45, 2.75) is 37.3 Å². The van der Waals surface area contributed by atoms with Crippen LogP contribution in [0.5, 0.6) is 0 Å². The Labute approximate surface area is 160 Å². The molecule has 3 N–H and O–H groups in total. The number of likely N-dealkylation sites (N-methyl/N-ethyl adjacent to an activating group) is 1. The van der Waals surface area contributed by atoms with Crippen LogP contribution in [0.3, 0.4) is 0 Å². The number of likely N-dealkylation sites (tertiary alicyclic amines) is 1. The van der Waals surface area contributed by atoms with Crippen molar-refractivity contribution in [3.05, 3.63) is 71.8 Å². The minimum absolute atomic E-state index is 0.0729. The molecule has 1 fully saturated rings. The Bertz CT molecular complexity index is 777. The lowest BCUT2D eigenvalue weighted by Gasteiger charge is -2.28. The topological polar surface area (TPSA) is 75.4 Å². The van der Waals surface area contributed by atoms with E-state index in [2.05, 4.69) is 17.4 Å². The van der Waals surface area contributed by atoms with Crippen LogP contribution in [0.2, 0.25) is 0 Å². The molecule has 2 aromatic carbocycles. The third-order valence-corrected chi connectivity index (χ3v) is 5.29. The molecular formula is C22H27N3O2. The standard InChI is InChI=1S/C22H27N3O2/c1-15(23)21(26)24-20-19(17-11-7-4-8-12-17)13-18(14-25(2)22(20)27)16-9-5-3-6-10-16/h3-12,15,18-20H,13-14,23H2,1-2H3,(H,24,26)/t15-,18+,19-,20-/m0/s1. The zero-order valence-electron chi connectivity index (χ0n) is 15.8. The Morgan fingerprint density at radius 2 is 1.63 bits per heavy atom. The Kier molecular flexibility index (Phi) is 5.91. The number of benzene rings is 2. The van der Waals surface area contributed by atoms with Gasteiger partial charge in [-0.25, -0.2) is 0 Å². The normalized spacial score (nSPS) is 24.2. The minimum Gasteiger partial charge on any atom is -0.343 e. The summed E-state index contributed by atoms with van der Waals surface area (Å²) in [6, 6.07) is 18.9. The van der Waals surface area contributed by atoms with Crippen LogP contribution < -0.4 is 11.1 Å². The van der Waals surface area contributed by atoms with E-state index in [0.29, 0.717) is 6.54 Å². The molecule has 0 saturated carbocycles. The molecule has 142 valence electrons. The van der Waals surface area contributed by atoms with E-state index in [9.17, 15) is 9.59 Å². The van der Waals surface area contributed by atoms with Crippen molar-refractivity contribution >= 4 is 11.8 Å². The summed E-state index contributed by atoms with van der Waals surface area (Å²) in [7, 11) is 1.80. The SMILES string of the molecule is C[C@H](N)C(=O)N[C@@H]1C(=O)N(C)C[C@H](c2ccccc2)C[C@H]1c1ccccc1. The third-order valence-electron chi connectivity index (χ3n) is 5.29. The monoisotopic (exact) mass is 365 g/mol. The summed E-state index contributed by atoms with van der Waals surface area (Å²) in [5, 5.41) is 2.90. The van der Waals surface area contributed by atoms with Crippen molar-refractivity contribution in [3.8, 4) is 0 Å². The lowest BCUT2D eigenvalue weighted by molar-refractivity contribution is -0.135. The molecule has 2 aromatic rings. The highest BCUT2D eigenvalue weighted by Gasteiger charge is 2.39. The first-order valence-corrected chi connectivity index (χ1v) is 9.38. The van der Waals surface area contributed by atoms with Gasteiger partial charge in [0.25, 0.3) is 0 Å². The van der Waals surface area contributed by atoms with E-state index in [-0.39, 0.29) is 23.7 Å². The minimum atomic E-state index is -0.660. The third kappa shape index (κ3) is 4.37. The van der Waals surface area contributed by atoms with Crippen LogP contribution in [0, 0.1) is 0 Å². The highest BCUT2D eigenvalue weighted by Crippen LogP contribution is 2.36. The van der Waals surface area contributed by atoms with Gasteiger partial charge in [0.1, 0.15) is 6.04 Å². The second kappa shape index (κ2) is 8.35. The number of nitrogens with zero attached hydrogens (tertiary/aromatic N) is 1. The lowest BCUT2D eigenvalue weighted by atomic mass is 9.82. The molecule has 0 spiro atoms. The fourth-order valence-electron chi connectivity index (χ4n) is 3.79. The van der Waals surface area contributed by atoms with Gasteiger partial charge in [0.05, 0.1) is 6.04 Å². The number of hydrogen-bond acceptors (Lipinski definition) is 3. The van der Waals surface area contributed by atoms with Gasteiger partial charge in [-0.05, 0) is 24.5 Å². The van der Waals surface area contributed by atoms with Gasteiger partial charge in [-0.2, -0.15) is 0 Å². The summed E-state index contributed by atoms with van der Waals surface area (Å²) in [5.41, 5.74) is 8.00. The second-order valence-electron chi connectivity index (χ2n) is 7.35. The van der Waals surface area contributed by atoms with Gasteiger partial charge < -0.3 is 16.0 Å². The summed E-state index contributed by atoms with van der Waals surface area (Å²) < 4.78 is 0. The van der Waals surface area contributed by atoms with Crippen LogP contribution in [-0.4, -0.2) is 42.4 Å². The first kappa shape index (κ1) is 19.1. The molecule has 1 aliphatic heterocycles. The highest BCUT2D eigenvalue weighted by atomic mass is 16.2. The van der Waals surface area contributed by atoms with E-state index in [4.69, 9.17) is 5.73 Å². The molecule has 0 unspecified atom stereocenters. The summed E-state index contributed by atoms with van der Waals surface area (Å²) in [4.78, 5) is 27.2. The Hall–Kier alpha value is -2.66. The number of carbonyl (C=O) groups excluding carboxylic acids is 2. The number of rotatable bonds is 4. The van der Waals surface area contributed by atoms with Gasteiger partial charge in [-0.1, -0.05) is 60.7 Å². The maximum Gasteiger partial charge on any atom is 0.245 e. The Balaban J connectivity index is 1.99. The van der Waals surface area contributed by atoms with Crippen molar-refractivity contribution in [2.24, 2.45) is 5.73 Å². The number of amides is 2. The molecular weight excluding hydrogens is 338 g/mol. The zero-order chi connectivity index (χ0) is 19.4. The molecule has 0 radical (unpaired) electrons. The fraction of sp³-hybridized carbons (Fsp3) is 0.364. The second-order valence-corrected chi connectivity index (χ2v) is 7.35. The molecule has 0 aromatic heterocycles. The molecule has 0 aliphatic carbocycles. The molecule has 5 nitrogen and oxygen atoms in total. The van der Waals surface area contributed by atoms with E-state index in [1.54, 1.807) is 18.9 Å². The van der Waals surface area contributed by atoms with Crippen LogP contribution in [0.4, 0.5) is 0 Å². The summed E-state index contributed by atoms with van der Waals surface area (Å²) in [5.74, 6) is -0.295. The highest BCUT2D eigenvalue weighted by molar-refractivity contribution is 5.90. The van der Waals surface area contributed by atoms with Gasteiger partial charge in [-0.15, -0.1) is 0 Å². The Morgan fingerprint density at radius 3 is 2.19 bits per heavy atom. The number of carbonyl (C=O) groups is 2. The molecule has 2 amide bonds. The number of hydrogen-bond donors (Lipinski definition) is 2. The predicted molar refractivity (Wildman–Crippen MR) is 106 cm³/mol. The molecule has 5 heteroatoms. The van der Waals surface area contributed by atoms with Crippen LogP contribution in [-0.2, 0) is 9.59 Å². The quantitative estimate of drug-likeness (QED) is 0.873. The molecule has 3 rings (SSSR count). The zero-order valence-corrected chi connectivity index (χ0v) is 15.8. The number of nitrogens with two attached hydrogens (primary N) is 1. The molecule has 4 atom stereocenters.